The molecular formula is C6H8Cl3NO5. The molecule has 0 heterocycles. The molecule has 6 nitrogen and oxygen atoms in total. The zero-order valence-electron chi connectivity index (χ0n) is 7.24. The van der Waals surface area contributed by atoms with Crippen LogP contribution in [0.3, 0.4) is 0 Å². The first-order valence-corrected chi connectivity index (χ1v) is 4.74. The van der Waals surface area contributed by atoms with Gasteiger partial charge in [-0.3, -0.25) is 0 Å². The van der Waals surface area contributed by atoms with Crippen molar-refractivity contribution in [3.63, 3.8) is 0 Å². The Morgan fingerprint density at radius 1 is 1.40 bits per heavy atom. The van der Waals surface area contributed by atoms with Crippen molar-refractivity contribution in [2.45, 2.75) is 9.90 Å². The number of alkyl halides is 3. The number of aliphatic hydroxyl groups is 1. The minimum absolute atomic E-state index is 0.479. The number of ether oxygens (including phenoxy) is 1. The lowest BCUT2D eigenvalue weighted by atomic mass is 10.4. The van der Waals surface area contributed by atoms with Crippen LogP contribution in [0.25, 0.3) is 0 Å². The van der Waals surface area contributed by atoms with Crippen molar-refractivity contribution in [3.05, 3.63) is 0 Å². The molecule has 0 bridgehead atoms. The number of hydrogen-bond acceptors (Lipinski definition) is 4. The number of carboxylic acid groups (broad SMARTS) is 1. The van der Waals surface area contributed by atoms with E-state index >= 15 is 0 Å². The van der Waals surface area contributed by atoms with Crippen molar-refractivity contribution in [2.75, 3.05) is 13.2 Å². The number of nitrogens with one attached hydrogen (secondary N) is 1. The van der Waals surface area contributed by atoms with Gasteiger partial charge in [-0.15, -0.1) is 0 Å². The van der Waals surface area contributed by atoms with Crippen molar-refractivity contribution in [1.29, 1.82) is 0 Å². The van der Waals surface area contributed by atoms with Crippen LogP contribution in [0.1, 0.15) is 0 Å². The van der Waals surface area contributed by atoms with E-state index in [4.69, 9.17) is 45.0 Å². The van der Waals surface area contributed by atoms with Gasteiger partial charge < -0.3 is 20.3 Å². The molecule has 0 aromatic rings. The zero-order chi connectivity index (χ0) is 12.1. The number of alkyl carbamates (subject to hydrolysis) is 1. The van der Waals surface area contributed by atoms with E-state index < -0.39 is 35.1 Å². The minimum atomic E-state index is -1.73. The Bertz CT molecular complexity index is 241. The van der Waals surface area contributed by atoms with E-state index in [9.17, 15) is 9.59 Å². The summed E-state index contributed by atoms with van der Waals surface area (Å²) in [6.45, 7) is -0.972. The van der Waals surface area contributed by atoms with E-state index in [1.54, 1.807) is 0 Å². The maximum Gasteiger partial charge on any atom is 0.407 e. The first-order valence-electron chi connectivity index (χ1n) is 3.60. The third kappa shape index (κ3) is 8.56. The summed E-state index contributed by atoms with van der Waals surface area (Å²) in [7, 11) is 0. The highest BCUT2D eigenvalue weighted by Crippen LogP contribution is 2.25. The molecular weight excluding hydrogens is 272 g/mol. The molecule has 15 heavy (non-hydrogen) atoms. The fourth-order valence-electron chi connectivity index (χ4n) is 0.466. The zero-order valence-corrected chi connectivity index (χ0v) is 9.51. The van der Waals surface area contributed by atoms with Crippen molar-refractivity contribution in [1.82, 2.24) is 5.32 Å². The lowest BCUT2D eigenvalue weighted by Gasteiger charge is -2.12. The molecule has 0 aromatic heterocycles. The Hall–Kier alpha value is -0.430. The molecule has 0 saturated carbocycles. The summed E-state index contributed by atoms with van der Waals surface area (Å²) in [5, 5.41) is 19.0. The van der Waals surface area contributed by atoms with Crippen LogP contribution in [-0.4, -0.2) is 45.3 Å². The van der Waals surface area contributed by atoms with E-state index in [1.807, 2.05) is 5.32 Å². The van der Waals surface area contributed by atoms with Crippen LogP contribution in [0.4, 0.5) is 4.79 Å². The average Bonchev–Trinajstić information content (AvgIpc) is 2.09. The van der Waals surface area contributed by atoms with Gasteiger partial charge in [0, 0.05) is 0 Å². The molecule has 3 N–H and O–H groups in total. The predicted molar refractivity (Wildman–Crippen MR) is 53.3 cm³/mol. The van der Waals surface area contributed by atoms with Gasteiger partial charge in [-0.2, -0.15) is 0 Å². The number of hydrogen-bond donors (Lipinski definition) is 3. The van der Waals surface area contributed by atoms with Gasteiger partial charge in [-0.25, -0.2) is 9.59 Å². The van der Waals surface area contributed by atoms with Gasteiger partial charge in [0.1, 0.15) is 6.61 Å². The lowest BCUT2D eigenvalue weighted by Crippen LogP contribution is -2.37. The summed E-state index contributed by atoms with van der Waals surface area (Å²) in [4.78, 5) is 20.9. The second-order valence-corrected chi connectivity index (χ2v) is 4.94. The second-order valence-electron chi connectivity index (χ2n) is 2.43. The topological polar surface area (TPSA) is 95.9 Å². The van der Waals surface area contributed by atoms with Crippen molar-refractivity contribution in [2.24, 2.45) is 0 Å². The molecule has 0 rings (SSSR count). The van der Waals surface area contributed by atoms with Crippen LogP contribution >= 0.6 is 34.8 Å². The van der Waals surface area contributed by atoms with Crippen LogP contribution in [0, 0.1) is 0 Å². The quantitative estimate of drug-likeness (QED) is 0.653. The fourth-order valence-corrected chi connectivity index (χ4v) is 0.629. The summed E-state index contributed by atoms with van der Waals surface area (Å²) < 4.78 is 2.65. The van der Waals surface area contributed by atoms with Gasteiger partial charge in [-0.1, -0.05) is 34.8 Å². The Morgan fingerprint density at radius 3 is 2.33 bits per heavy atom. The minimum Gasteiger partial charge on any atom is -0.479 e. The Labute approximate surface area is 100 Å². The number of aliphatic hydroxyl groups excluding tert-OH is 1. The Morgan fingerprint density at radius 2 is 1.93 bits per heavy atom. The highest BCUT2D eigenvalue weighted by molar-refractivity contribution is 6.67. The number of carboxylic acids is 1. The summed E-state index contributed by atoms with van der Waals surface area (Å²) in [5.41, 5.74) is 0. The van der Waals surface area contributed by atoms with E-state index in [-0.39, 0.29) is 0 Å². The monoisotopic (exact) mass is 279 g/mol. The van der Waals surface area contributed by atoms with Gasteiger partial charge in [-0.05, 0) is 0 Å². The van der Waals surface area contributed by atoms with Crippen molar-refractivity contribution >= 4 is 46.9 Å². The van der Waals surface area contributed by atoms with Crippen molar-refractivity contribution < 1.29 is 24.5 Å². The fraction of sp³-hybridized carbons (Fsp3) is 0.667. The molecule has 0 spiro atoms. The number of amides is 1. The van der Waals surface area contributed by atoms with E-state index in [0.29, 0.717) is 0 Å². The van der Waals surface area contributed by atoms with Crippen LogP contribution in [-0.2, 0) is 9.53 Å². The van der Waals surface area contributed by atoms with Crippen molar-refractivity contribution in [3.8, 4) is 0 Å². The van der Waals surface area contributed by atoms with E-state index in [2.05, 4.69) is 4.74 Å². The standard InChI is InChI=1S/C6H8Cl3NO5/c7-6(8,9)2-15-5(14)10-1-3(11)4(12)13/h3,11H,1-2H2,(H,10,14)(H,12,13). The number of halogens is 3. The van der Waals surface area contributed by atoms with Gasteiger partial charge in [0.25, 0.3) is 0 Å². The van der Waals surface area contributed by atoms with Crippen LogP contribution in [0.15, 0.2) is 0 Å². The average molecular weight is 280 g/mol. The van der Waals surface area contributed by atoms with Gasteiger partial charge >= 0.3 is 12.1 Å². The third-order valence-corrected chi connectivity index (χ3v) is 1.42. The summed E-state index contributed by atoms with van der Waals surface area (Å²) in [6, 6.07) is 0. The molecule has 0 fully saturated rings. The maximum absolute atomic E-state index is 10.8. The van der Waals surface area contributed by atoms with E-state index in [0.717, 1.165) is 0 Å². The molecule has 0 aliphatic heterocycles. The molecule has 9 heteroatoms. The first kappa shape index (κ1) is 14.6. The largest absolute Gasteiger partial charge is 0.479 e. The third-order valence-electron chi connectivity index (χ3n) is 1.09. The second kappa shape index (κ2) is 6.22. The van der Waals surface area contributed by atoms with Gasteiger partial charge in [0.05, 0.1) is 6.54 Å². The van der Waals surface area contributed by atoms with Crippen LogP contribution < -0.4 is 5.32 Å². The molecule has 1 atom stereocenters. The summed E-state index contributed by atoms with van der Waals surface area (Å²) >= 11 is 15.8. The number of carbonyl (C=O) groups is 2. The first-order chi connectivity index (χ1) is 6.72. The van der Waals surface area contributed by atoms with Crippen LogP contribution in [0.5, 0.6) is 0 Å². The summed E-state index contributed by atoms with van der Waals surface area (Å²) in [5.74, 6) is -1.46. The molecule has 1 amide bonds. The number of rotatable bonds is 4. The highest BCUT2D eigenvalue weighted by Gasteiger charge is 2.22. The number of carbonyl (C=O) groups excluding carboxylic acids is 1. The molecule has 0 saturated heterocycles. The Balaban J connectivity index is 3.72. The molecule has 0 radical (unpaired) electrons. The predicted octanol–water partition coefficient (Wildman–Crippen LogP) is 0.528. The van der Waals surface area contributed by atoms with Gasteiger partial charge in [0.15, 0.2) is 6.10 Å². The molecule has 88 valence electrons. The molecule has 0 aromatic carbocycles. The normalized spacial score (nSPS) is 13.1. The molecule has 0 aliphatic carbocycles. The molecule has 1 unspecified atom stereocenters. The lowest BCUT2D eigenvalue weighted by molar-refractivity contribution is -0.146. The van der Waals surface area contributed by atoms with E-state index in [1.165, 1.54) is 0 Å². The van der Waals surface area contributed by atoms with Gasteiger partial charge in [0.2, 0.25) is 3.79 Å². The summed E-state index contributed by atoms with van der Waals surface area (Å²) in [6.07, 6.45) is -2.69. The van der Waals surface area contributed by atoms with Crippen LogP contribution in [0.2, 0.25) is 0 Å². The smallest absolute Gasteiger partial charge is 0.407 e. The highest BCUT2D eigenvalue weighted by atomic mass is 35.6. The SMILES string of the molecule is O=C(NCC(O)C(=O)O)OCC(Cl)(Cl)Cl. The maximum atomic E-state index is 10.8. The molecule has 0 aliphatic rings. The number of aliphatic carboxylic acids is 1. The Kier molecular flexibility index (Phi) is 6.04.